The number of aryl methyl sites for hydroxylation is 1. The smallest absolute Gasteiger partial charge is 0.251 e. The van der Waals surface area contributed by atoms with Gasteiger partial charge in [-0.2, -0.15) is 0 Å². The summed E-state index contributed by atoms with van der Waals surface area (Å²) in [4.78, 5) is 16.3. The molecule has 28 heavy (non-hydrogen) atoms. The quantitative estimate of drug-likeness (QED) is 0.505. The number of aromatic nitrogens is 4. The molecule has 1 aromatic carbocycles. The van der Waals surface area contributed by atoms with Gasteiger partial charge >= 0.3 is 0 Å². The van der Waals surface area contributed by atoms with Gasteiger partial charge in [0.25, 0.3) is 5.91 Å². The molecule has 0 fully saturated rings. The lowest BCUT2D eigenvalue weighted by atomic mass is 10.1. The molecule has 0 unspecified atom stereocenters. The van der Waals surface area contributed by atoms with Gasteiger partial charge in [0.1, 0.15) is 17.2 Å². The first-order valence-electron chi connectivity index (χ1n) is 9.25. The van der Waals surface area contributed by atoms with Gasteiger partial charge in [0.2, 0.25) is 5.65 Å². The molecule has 2 heterocycles. The van der Waals surface area contributed by atoms with Crippen LogP contribution in [0.15, 0.2) is 18.2 Å². The highest BCUT2D eigenvalue weighted by atomic mass is 16.5. The van der Waals surface area contributed by atoms with Crippen LogP contribution in [0.4, 0.5) is 5.82 Å². The summed E-state index contributed by atoms with van der Waals surface area (Å²) in [7, 11) is 1.62. The van der Waals surface area contributed by atoms with Crippen molar-refractivity contribution in [2.45, 2.75) is 39.2 Å². The largest absolute Gasteiger partial charge is 0.497 e. The molecule has 0 aliphatic carbocycles. The van der Waals surface area contributed by atoms with Crippen molar-refractivity contribution in [3.63, 3.8) is 0 Å². The molecular formula is C19H26N6O3. The Bertz CT molecular complexity index is 993. The van der Waals surface area contributed by atoms with E-state index in [0.29, 0.717) is 24.6 Å². The molecule has 0 saturated carbocycles. The second-order valence-electron chi connectivity index (χ2n) is 7.17. The maximum Gasteiger partial charge on any atom is 0.251 e. The average Bonchev–Trinajstić information content (AvgIpc) is 3.05. The molecular weight excluding hydrogens is 360 g/mol. The Balaban J connectivity index is 1.68. The Labute approximate surface area is 163 Å². The van der Waals surface area contributed by atoms with Crippen LogP contribution in [0.3, 0.4) is 0 Å². The fourth-order valence-corrected chi connectivity index (χ4v) is 2.88. The number of methoxy groups -OCH3 is 1. The standard InChI is InChI=1S/C19H26N6O3/c1-12-23-24-17-16(20-9-5-6-10-21-18(26)19(2,3)27)22-14-11-13(28-4)7-8-15(14)25(12)17/h7-8,11,27H,5-6,9-10H2,1-4H3,(H,20,22)(H,21,26). The molecule has 0 spiro atoms. The van der Waals surface area contributed by atoms with E-state index in [-0.39, 0.29) is 5.91 Å². The third-order valence-corrected chi connectivity index (χ3v) is 4.43. The summed E-state index contributed by atoms with van der Waals surface area (Å²) in [6.45, 7) is 6.01. The zero-order chi connectivity index (χ0) is 20.3. The van der Waals surface area contributed by atoms with Crippen molar-refractivity contribution in [3.8, 4) is 5.75 Å². The summed E-state index contributed by atoms with van der Waals surface area (Å²) in [5, 5.41) is 24.1. The third-order valence-electron chi connectivity index (χ3n) is 4.43. The topological polar surface area (TPSA) is 114 Å². The first kappa shape index (κ1) is 19.8. The van der Waals surface area contributed by atoms with E-state index < -0.39 is 5.60 Å². The number of carbonyl (C=O) groups excluding carboxylic acids is 1. The Morgan fingerprint density at radius 2 is 2.00 bits per heavy atom. The lowest BCUT2D eigenvalue weighted by Crippen LogP contribution is -2.42. The van der Waals surface area contributed by atoms with Crippen molar-refractivity contribution < 1.29 is 14.6 Å². The Kier molecular flexibility index (Phi) is 5.64. The van der Waals surface area contributed by atoms with E-state index in [0.717, 1.165) is 35.4 Å². The van der Waals surface area contributed by atoms with E-state index in [1.807, 2.05) is 29.5 Å². The monoisotopic (exact) mass is 386 g/mol. The number of fused-ring (bicyclic) bond motifs is 3. The Morgan fingerprint density at radius 1 is 1.25 bits per heavy atom. The van der Waals surface area contributed by atoms with E-state index in [1.165, 1.54) is 13.8 Å². The third kappa shape index (κ3) is 4.14. The number of aliphatic hydroxyl groups is 1. The van der Waals surface area contributed by atoms with E-state index >= 15 is 0 Å². The summed E-state index contributed by atoms with van der Waals surface area (Å²) in [5.74, 6) is 1.80. The van der Waals surface area contributed by atoms with Crippen LogP contribution in [-0.2, 0) is 4.79 Å². The molecule has 0 bridgehead atoms. The number of hydrogen-bond acceptors (Lipinski definition) is 7. The van der Waals surface area contributed by atoms with Crippen molar-refractivity contribution in [2.24, 2.45) is 0 Å². The second kappa shape index (κ2) is 7.97. The van der Waals surface area contributed by atoms with Crippen LogP contribution < -0.4 is 15.4 Å². The zero-order valence-corrected chi connectivity index (χ0v) is 16.6. The van der Waals surface area contributed by atoms with Crippen molar-refractivity contribution in [1.82, 2.24) is 24.9 Å². The predicted molar refractivity (Wildman–Crippen MR) is 107 cm³/mol. The number of unbranched alkanes of at least 4 members (excludes halogenated alkanes) is 1. The first-order chi connectivity index (χ1) is 13.3. The molecule has 3 aromatic rings. The van der Waals surface area contributed by atoms with Gasteiger partial charge in [-0.1, -0.05) is 0 Å². The number of nitrogens with one attached hydrogen (secondary N) is 2. The molecule has 2 aromatic heterocycles. The molecule has 0 saturated heterocycles. The van der Waals surface area contributed by atoms with Gasteiger partial charge in [-0.05, 0) is 45.7 Å². The van der Waals surface area contributed by atoms with Crippen LogP contribution in [0, 0.1) is 6.92 Å². The SMILES string of the molecule is COc1ccc2c(c1)nc(NCCCCNC(=O)C(C)(C)O)c1nnc(C)n12. The number of nitrogens with zero attached hydrogens (tertiary/aromatic N) is 4. The highest BCUT2D eigenvalue weighted by Crippen LogP contribution is 2.24. The minimum atomic E-state index is -1.36. The van der Waals surface area contributed by atoms with E-state index in [2.05, 4.69) is 25.8 Å². The van der Waals surface area contributed by atoms with E-state index in [9.17, 15) is 9.90 Å². The number of carbonyl (C=O) groups is 1. The van der Waals surface area contributed by atoms with Crippen molar-refractivity contribution in [1.29, 1.82) is 0 Å². The molecule has 0 atom stereocenters. The average molecular weight is 386 g/mol. The van der Waals surface area contributed by atoms with Crippen molar-refractivity contribution in [3.05, 3.63) is 24.0 Å². The van der Waals surface area contributed by atoms with Crippen molar-refractivity contribution >= 4 is 28.4 Å². The van der Waals surface area contributed by atoms with Crippen LogP contribution in [0.1, 0.15) is 32.5 Å². The minimum absolute atomic E-state index is 0.369. The molecule has 3 N–H and O–H groups in total. The van der Waals surface area contributed by atoms with Crippen molar-refractivity contribution in [2.75, 3.05) is 25.5 Å². The molecule has 0 aliphatic rings. The summed E-state index contributed by atoms with van der Waals surface area (Å²) >= 11 is 0. The van der Waals surface area contributed by atoms with Gasteiger partial charge in [0, 0.05) is 19.2 Å². The van der Waals surface area contributed by atoms with Gasteiger partial charge < -0.3 is 20.5 Å². The van der Waals surface area contributed by atoms with Gasteiger partial charge in [0.15, 0.2) is 5.82 Å². The summed E-state index contributed by atoms with van der Waals surface area (Å²) in [5.41, 5.74) is 1.02. The fraction of sp³-hybridized carbons (Fsp3) is 0.474. The first-order valence-corrected chi connectivity index (χ1v) is 9.25. The molecule has 1 amide bonds. The zero-order valence-electron chi connectivity index (χ0n) is 16.6. The molecule has 9 nitrogen and oxygen atoms in total. The number of hydrogen-bond donors (Lipinski definition) is 3. The molecule has 0 aliphatic heterocycles. The van der Waals surface area contributed by atoms with Gasteiger partial charge in [-0.3, -0.25) is 9.20 Å². The highest BCUT2D eigenvalue weighted by Gasteiger charge is 2.22. The van der Waals surface area contributed by atoms with Gasteiger partial charge in [0.05, 0.1) is 18.1 Å². The van der Waals surface area contributed by atoms with Gasteiger partial charge in [-0.15, -0.1) is 10.2 Å². The molecule has 9 heteroatoms. The Morgan fingerprint density at radius 3 is 2.71 bits per heavy atom. The highest BCUT2D eigenvalue weighted by molar-refractivity contribution is 5.84. The number of ether oxygens (including phenoxy) is 1. The Hall–Kier alpha value is -2.94. The van der Waals surface area contributed by atoms with E-state index in [4.69, 9.17) is 4.74 Å². The number of amides is 1. The summed E-state index contributed by atoms with van der Waals surface area (Å²) in [6, 6.07) is 5.71. The lowest BCUT2D eigenvalue weighted by Gasteiger charge is -2.16. The normalized spacial score (nSPS) is 11.8. The van der Waals surface area contributed by atoms with Crippen LogP contribution >= 0.6 is 0 Å². The maximum absolute atomic E-state index is 11.6. The van der Waals surface area contributed by atoms with Gasteiger partial charge in [-0.25, -0.2) is 4.98 Å². The van der Waals surface area contributed by atoms with Crippen LogP contribution in [0.5, 0.6) is 5.75 Å². The second-order valence-corrected chi connectivity index (χ2v) is 7.17. The summed E-state index contributed by atoms with van der Waals surface area (Å²) in [6.07, 6.45) is 1.60. The number of anilines is 1. The van der Waals surface area contributed by atoms with Crippen LogP contribution in [0.2, 0.25) is 0 Å². The number of rotatable bonds is 8. The molecule has 3 rings (SSSR count). The lowest BCUT2D eigenvalue weighted by molar-refractivity contribution is -0.136. The maximum atomic E-state index is 11.6. The predicted octanol–water partition coefficient (Wildman–Crippen LogP) is 1.67. The fourth-order valence-electron chi connectivity index (χ4n) is 2.88. The minimum Gasteiger partial charge on any atom is -0.497 e. The van der Waals surface area contributed by atoms with Crippen LogP contribution in [-0.4, -0.2) is 56.4 Å². The van der Waals surface area contributed by atoms with Crippen LogP contribution in [0.25, 0.3) is 16.7 Å². The van der Waals surface area contributed by atoms with E-state index in [1.54, 1.807) is 7.11 Å². The number of benzene rings is 1. The molecule has 150 valence electrons. The summed E-state index contributed by atoms with van der Waals surface area (Å²) < 4.78 is 7.27. The molecule has 0 radical (unpaired) electrons.